The molecule has 7 atom stereocenters. The lowest BCUT2D eigenvalue weighted by molar-refractivity contribution is -0.284. The molecular formula is C32H47F5O3S. The molecule has 2 N–H and O–H groups in total. The maximum absolute atomic E-state index is 13.0. The van der Waals surface area contributed by atoms with Crippen LogP contribution in [0.1, 0.15) is 114 Å². The molecular weight excluding hydrogens is 559 g/mol. The summed E-state index contributed by atoms with van der Waals surface area (Å²) < 4.78 is 74.5. The van der Waals surface area contributed by atoms with E-state index in [1.54, 1.807) is 0 Å². The molecule has 41 heavy (non-hydrogen) atoms. The standard InChI is InChI=1S/C32H47F5O3S/c1-30-17-15-26-25-12-11-24(38)21-23(25)20-22(29(26)27(30)13-14-28(30)39)10-7-5-3-2-4-6-8-18-41(40)19-9-16-31(33,34)32(35,36)37/h11-12,21-22,26-29,38-39H,2-10,13-20H2,1H3/t22-,26-,27-,28-,29-,30-,41+/m0/s1. The van der Waals surface area contributed by atoms with Gasteiger partial charge in [0, 0.05) is 28.7 Å². The van der Waals surface area contributed by atoms with Gasteiger partial charge in [-0.05, 0) is 104 Å². The molecule has 234 valence electrons. The Morgan fingerprint density at radius 1 is 0.927 bits per heavy atom. The highest BCUT2D eigenvalue weighted by Gasteiger charge is 2.57. The fourth-order valence-electron chi connectivity index (χ4n) is 8.28. The fraction of sp³-hybridized carbons (Fsp3) is 0.812. The van der Waals surface area contributed by atoms with E-state index >= 15 is 0 Å². The number of halogens is 5. The van der Waals surface area contributed by atoms with Gasteiger partial charge in [-0.3, -0.25) is 4.21 Å². The molecule has 0 heterocycles. The third kappa shape index (κ3) is 7.66. The first kappa shape index (κ1) is 32.7. The number of alkyl halides is 5. The summed E-state index contributed by atoms with van der Waals surface area (Å²) in [6.07, 6.45) is 5.97. The lowest BCUT2D eigenvalue weighted by Gasteiger charge is -2.53. The van der Waals surface area contributed by atoms with E-state index in [4.69, 9.17) is 0 Å². The molecule has 0 unspecified atom stereocenters. The Morgan fingerprint density at radius 2 is 1.59 bits per heavy atom. The molecule has 0 amide bonds. The Kier molecular flexibility index (Phi) is 10.8. The van der Waals surface area contributed by atoms with Crippen molar-refractivity contribution in [2.45, 2.75) is 127 Å². The molecule has 3 nitrogen and oxygen atoms in total. The van der Waals surface area contributed by atoms with Gasteiger partial charge < -0.3 is 10.2 Å². The van der Waals surface area contributed by atoms with Gasteiger partial charge in [-0.15, -0.1) is 0 Å². The van der Waals surface area contributed by atoms with Crippen molar-refractivity contribution in [2.75, 3.05) is 11.5 Å². The number of rotatable bonds is 14. The Hall–Kier alpha value is -1.22. The maximum Gasteiger partial charge on any atom is 0.453 e. The van der Waals surface area contributed by atoms with Crippen molar-refractivity contribution >= 4 is 10.8 Å². The van der Waals surface area contributed by atoms with Crippen LogP contribution >= 0.6 is 0 Å². The van der Waals surface area contributed by atoms with Crippen molar-refractivity contribution < 1.29 is 36.4 Å². The van der Waals surface area contributed by atoms with E-state index in [1.807, 2.05) is 12.1 Å². The van der Waals surface area contributed by atoms with Crippen molar-refractivity contribution in [3.05, 3.63) is 29.3 Å². The highest BCUT2D eigenvalue weighted by Crippen LogP contribution is 2.62. The van der Waals surface area contributed by atoms with Crippen LogP contribution in [0.5, 0.6) is 5.75 Å². The van der Waals surface area contributed by atoms with Crippen LogP contribution in [0.15, 0.2) is 18.2 Å². The van der Waals surface area contributed by atoms with Gasteiger partial charge in [0.15, 0.2) is 0 Å². The van der Waals surface area contributed by atoms with Gasteiger partial charge in [0.05, 0.1) is 6.10 Å². The monoisotopic (exact) mass is 606 g/mol. The average molecular weight is 607 g/mol. The van der Waals surface area contributed by atoms with Gasteiger partial charge >= 0.3 is 12.1 Å². The van der Waals surface area contributed by atoms with E-state index in [-0.39, 0.29) is 17.3 Å². The number of aromatic hydroxyl groups is 1. The fourth-order valence-corrected chi connectivity index (χ4v) is 9.48. The zero-order valence-electron chi connectivity index (χ0n) is 24.2. The second kappa shape index (κ2) is 13.6. The molecule has 3 aliphatic rings. The zero-order valence-corrected chi connectivity index (χ0v) is 25.1. The van der Waals surface area contributed by atoms with E-state index in [0.29, 0.717) is 41.6 Å². The molecule has 2 fully saturated rings. The Balaban J connectivity index is 1.15. The topological polar surface area (TPSA) is 57.5 Å². The summed E-state index contributed by atoms with van der Waals surface area (Å²) in [6.45, 7) is 2.30. The quantitative estimate of drug-likeness (QED) is 0.165. The Bertz CT molecular complexity index is 1030. The molecule has 4 rings (SSSR count). The largest absolute Gasteiger partial charge is 0.508 e. The second-order valence-corrected chi connectivity index (χ2v) is 14.9. The molecule has 1 aromatic carbocycles. The zero-order chi connectivity index (χ0) is 29.8. The first-order chi connectivity index (χ1) is 19.3. The van der Waals surface area contributed by atoms with E-state index in [9.17, 15) is 36.4 Å². The molecule has 0 bridgehead atoms. The molecule has 9 heteroatoms. The molecule has 0 radical (unpaired) electrons. The normalized spacial score (nSPS) is 30.5. The van der Waals surface area contributed by atoms with Crippen molar-refractivity contribution in [1.82, 2.24) is 0 Å². The van der Waals surface area contributed by atoms with Crippen molar-refractivity contribution in [2.24, 2.45) is 23.2 Å². The maximum atomic E-state index is 13.0. The third-order valence-corrected chi connectivity index (χ3v) is 12.0. The van der Waals surface area contributed by atoms with Crippen LogP contribution in [0.4, 0.5) is 22.0 Å². The number of phenols is 1. The third-order valence-electron chi connectivity index (χ3n) is 10.6. The van der Waals surface area contributed by atoms with Crippen molar-refractivity contribution in [3.8, 4) is 5.75 Å². The predicted octanol–water partition coefficient (Wildman–Crippen LogP) is 8.68. The van der Waals surface area contributed by atoms with Crippen LogP contribution in [-0.4, -0.2) is 44.1 Å². The van der Waals surface area contributed by atoms with E-state index in [2.05, 4.69) is 13.0 Å². The summed E-state index contributed by atoms with van der Waals surface area (Å²) >= 11 is 0. The summed E-state index contributed by atoms with van der Waals surface area (Å²) in [5, 5.41) is 21.0. The van der Waals surface area contributed by atoms with Crippen molar-refractivity contribution in [3.63, 3.8) is 0 Å². The Labute approximate surface area is 244 Å². The van der Waals surface area contributed by atoms with Crippen LogP contribution in [-0.2, 0) is 17.2 Å². The molecule has 0 aromatic heterocycles. The van der Waals surface area contributed by atoms with Crippen molar-refractivity contribution in [1.29, 1.82) is 0 Å². The lowest BCUT2D eigenvalue weighted by Crippen LogP contribution is -2.47. The van der Waals surface area contributed by atoms with Gasteiger partial charge in [0.2, 0.25) is 0 Å². The molecule has 0 aliphatic heterocycles. The molecule has 3 aliphatic carbocycles. The van der Waals surface area contributed by atoms with Crippen LogP contribution in [0.25, 0.3) is 0 Å². The van der Waals surface area contributed by atoms with Gasteiger partial charge in [-0.25, -0.2) is 0 Å². The number of aliphatic hydroxyl groups excluding tert-OH is 1. The predicted molar refractivity (Wildman–Crippen MR) is 153 cm³/mol. The highest BCUT2D eigenvalue weighted by molar-refractivity contribution is 7.84. The number of fused-ring (bicyclic) bond motifs is 5. The number of aliphatic hydroxyl groups is 1. The SMILES string of the molecule is C[C@]12CC[C@H]3c4ccc(O)cc4C[C@H](CCCCCCCCC[S@@](=O)CCCC(F)(F)C(F)(F)F)[C@@H]3[C@@H]1CC[C@@H]2O. The van der Waals surface area contributed by atoms with Crippen LogP contribution in [0, 0.1) is 23.2 Å². The average Bonchev–Trinajstić information content (AvgIpc) is 3.20. The number of benzene rings is 1. The molecule has 2 saturated carbocycles. The van der Waals surface area contributed by atoms with Crippen LogP contribution < -0.4 is 0 Å². The van der Waals surface area contributed by atoms with E-state index in [1.165, 1.54) is 11.1 Å². The lowest BCUT2D eigenvalue weighted by atomic mass is 9.52. The summed E-state index contributed by atoms with van der Waals surface area (Å²) in [5.74, 6) is -1.91. The van der Waals surface area contributed by atoms with Crippen LogP contribution in [0.2, 0.25) is 0 Å². The number of unbranched alkanes of at least 4 members (excludes halogenated alkanes) is 6. The minimum Gasteiger partial charge on any atom is -0.508 e. The first-order valence-corrected chi connectivity index (χ1v) is 17.1. The minimum absolute atomic E-state index is 0.0195. The first-order valence-electron chi connectivity index (χ1n) is 15.6. The smallest absolute Gasteiger partial charge is 0.453 e. The van der Waals surface area contributed by atoms with E-state index < -0.39 is 35.7 Å². The van der Waals surface area contributed by atoms with Gasteiger partial charge in [-0.2, -0.15) is 22.0 Å². The molecule has 0 spiro atoms. The summed E-state index contributed by atoms with van der Waals surface area (Å²) in [5.41, 5.74) is 2.73. The summed E-state index contributed by atoms with van der Waals surface area (Å²) in [6, 6.07) is 5.92. The molecule has 1 aromatic rings. The second-order valence-electron chi connectivity index (χ2n) is 13.2. The van der Waals surface area contributed by atoms with E-state index in [0.717, 1.165) is 77.0 Å². The number of hydrogen-bond acceptors (Lipinski definition) is 3. The van der Waals surface area contributed by atoms with Gasteiger partial charge in [0.25, 0.3) is 0 Å². The van der Waals surface area contributed by atoms with Crippen LogP contribution in [0.3, 0.4) is 0 Å². The summed E-state index contributed by atoms with van der Waals surface area (Å²) in [7, 11) is -1.35. The Morgan fingerprint density at radius 3 is 2.29 bits per heavy atom. The molecule has 0 saturated heterocycles. The highest BCUT2D eigenvalue weighted by atomic mass is 32.2. The van der Waals surface area contributed by atoms with Gasteiger partial charge in [0.1, 0.15) is 5.75 Å². The number of phenolic OH excluding ortho intramolecular Hbond substituents is 1. The minimum atomic E-state index is -5.54. The van der Waals surface area contributed by atoms with Gasteiger partial charge in [-0.1, -0.05) is 51.5 Å². The number of hydrogen-bond donors (Lipinski definition) is 2. The summed E-state index contributed by atoms with van der Waals surface area (Å²) in [4.78, 5) is 0.